The summed E-state index contributed by atoms with van der Waals surface area (Å²) in [6.07, 6.45) is 1.59. The Kier molecular flexibility index (Phi) is 3.96. The number of aromatic nitrogens is 2. The molecular formula is C16H9Cl2FN2O. The number of aromatic amines is 1. The van der Waals surface area contributed by atoms with E-state index in [1.165, 1.54) is 12.1 Å². The summed E-state index contributed by atoms with van der Waals surface area (Å²) in [5, 5.41) is 1.15. The van der Waals surface area contributed by atoms with Gasteiger partial charge in [-0.25, -0.2) is 9.37 Å². The van der Waals surface area contributed by atoms with Gasteiger partial charge in [0.1, 0.15) is 5.82 Å². The largest absolute Gasteiger partial charge is 0.305 e. The molecule has 1 N–H and O–H groups in total. The second kappa shape index (κ2) is 5.91. The molecule has 2 aromatic carbocycles. The number of nitrogens with zero attached hydrogens (tertiary/aromatic N) is 1. The molecule has 0 spiro atoms. The summed E-state index contributed by atoms with van der Waals surface area (Å²) in [5.41, 5.74) is 0.847. The maximum atomic E-state index is 12.9. The minimum atomic E-state index is -0.333. The predicted octanol–water partition coefficient (Wildman–Crippen LogP) is 4.45. The molecule has 0 saturated heterocycles. The third-order valence-electron chi connectivity index (χ3n) is 3.06. The first-order chi connectivity index (χ1) is 10.5. The van der Waals surface area contributed by atoms with Crippen LogP contribution in [-0.2, 0) is 0 Å². The molecule has 3 rings (SSSR count). The molecule has 0 atom stereocenters. The minimum Gasteiger partial charge on any atom is -0.305 e. The first-order valence-corrected chi connectivity index (χ1v) is 7.11. The summed E-state index contributed by atoms with van der Waals surface area (Å²) in [4.78, 5) is 19.0. The second-order valence-electron chi connectivity index (χ2n) is 4.62. The van der Waals surface area contributed by atoms with Crippen LogP contribution in [0, 0.1) is 5.82 Å². The Morgan fingerprint density at radius 1 is 1.18 bits per heavy atom. The lowest BCUT2D eigenvalue weighted by molar-refractivity contribution is 0.628. The smallest absolute Gasteiger partial charge is 0.259 e. The fourth-order valence-electron chi connectivity index (χ4n) is 2.00. The van der Waals surface area contributed by atoms with Gasteiger partial charge in [0.25, 0.3) is 5.56 Å². The molecule has 3 aromatic rings. The zero-order valence-electron chi connectivity index (χ0n) is 11.1. The van der Waals surface area contributed by atoms with E-state index in [-0.39, 0.29) is 22.2 Å². The van der Waals surface area contributed by atoms with Gasteiger partial charge in [0.05, 0.1) is 15.9 Å². The van der Waals surface area contributed by atoms with E-state index in [1.807, 2.05) is 0 Å². The topological polar surface area (TPSA) is 45.8 Å². The lowest BCUT2D eigenvalue weighted by Gasteiger charge is -2.03. The van der Waals surface area contributed by atoms with Crippen molar-refractivity contribution in [2.45, 2.75) is 0 Å². The molecule has 1 heterocycles. The van der Waals surface area contributed by atoms with Crippen LogP contribution in [0.5, 0.6) is 0 Å². The van der Waals surface area contributed by atoms with Crippen LogP contribution in [0.4, 0.5) is 4.39 Å². The van der Waals surface area contributed by atoms with Gasteiger partial charge in [0.2, 0.25) is 0 Å². The maximum absolute atomic E-state index is 12.9. The summed E-state index contributed by atoms with van der Waals surface area (Å²) in [6.45, 7) is 0. The first kappa shape index (κ1) is 14.8. The molecule has 22 heavy (non-hydrogen) atoms. The Labute approximate surface area is 135 Å². The molecule has 0 saturated carbocycles. The molecule has 3 nitrogen and oxygen atoms in total. The Bertz CT molecular complexity index is 933. The van der Waals surface area contributed by atoms with Gasteiger partial charge in [-0.05, 0) is 42.0 Å². The number of nitrogens with one attached hydrogen (secondary N) is 1. The van der Waals surface area contributed by atoms with Gasteiger partial charge in [-0.15, -0.1) is 0 Å². The molecule has 0 radical (unpaired) electrons. The normalized spacial score (nSPS) is 11.9. The van der Waals surface area contributed by atoms with Crippen LogP contribution < -0.4 is 5.56 Å². The van der Waals surface area contributed by atoms with E-state index in [9.17, 15) is 9.18 Å². The number of halogens is 3. The minimum absolute atomic E-state index is 0.228. The van der Waals surface area contributed by atoms with Crippen molar-refractivity contribution in [3.63, 3.8) is 0 Å². The van der Waals surface area contributed by atoms with Gasteiger partial charge >= 0.3 is 0 Å². The number of hydrogen-bond acceptors (Lipinski definition) is 2. The second-order valence-corrected chi connectivity index (χ2v) is 5.46. The van der Waals surface area contributed by atoms with Crippen molar-refractivity contribution < 1.29 is 4.39 Å². The van der Waals surface area contributed by atoms with Crippen molar-refractivity contribution in [3.8, 4) is 0 Å². The van der Waals surface area contributed by atoms with Crippen LogP contribution in [0.2, 0.25) is 5.02 Å². The van der Waals surface area contributed by atoms with E-state index in [0.717, 1.165) is 0 Å². The van der Waals surface area contributed by atoms with Crippen LogP contribution in [0.25, 0.3) is 22.0 Å². The third-order valence-corrected chi connectivity index (χ3v) is 3.58. The number of H-pyrrole nitrogens is 1. The van der Waals surface area contributed by atoms with Crippen LogP contribution in [0.3, 0.4) is 0 Å². The molecule has 0 aliphatic carbocycles. The molecule has 110 valence electrons. The average Bonchev–Trinajstić information content (AvgIpc) is 2.49. The predicted molar refractivity (Wildman–Crippen MR) is 87.5 cm³/mol. The summed E-state index contributed by atoms with van der Waals surface area (Å²) < 4.78 is 12.9. The fourth-order valence-corrected chi connectivity index (χ4v) is 2.38. The number of fused-ring (bicyclic) bond motifs is 1. The van der Waals surface area contributed by atoms with Crippen molar-refractivity contribution >= 4 is 45.2 Å². The van der Waals surface area contributed by atoms with E-state index >= 15 is 0 Å². The van der Waals surface area contributed by atoms with Crippen molar-refractivity contribution in [2.24, 2.45) is 0 Å². The third kappa shape index (κ3) is 3.03. The van der Waals surface area contributed by atoms with Crippen molar-refractivity contribution in [2.75, 3.05) is 0 Å². The van der Waals surface area contributed by atoms with Crippen molar-refractivity contribution in [1.82, 2.24) is 9.97 Å². The molecule has 0 aliphatic rings. The Morgan fingerprint density at radius 2 is 1.91 bits per heavy atom. The van der Waals surface area contributed by atoms with E-state index in [2.05, 4.69) is 9.97 Å². The van der Waals surface area contributed by atoms with Crippen LogP contribution in [0.15, 0.2) is 47.3 Å². The van der Waals surface area contributed by atoms with E-state index in [4.69, 9.17) is 23.2 Å². The quantitative estimate of drug-likeness (QED) is 0.752. The molecule has 0 amide bonds. The highest BCUT2D eigenvalue weighted by atomic mass is 35.5. The summed E-state index contributed by atoms with van der Waals surface area (Å²) >= 11 is 12.1. The monoisotopic (exact) mass is 334 g/mol. The molecular weight excluding hydrogens is 326 g/mol. The average molecular weight is 335 g/mol. The summed E-state index contributed by atoms with van der Waals surface area (Å²) in [5.74, 6) is -0.106. The van der Waals surface area contributed by atoms with Gasteiger partial charge in [-0.1, -0.05) is 35.3 Å². The lowest BCUT2D eigenvalue weighted by Crippen LogP contribution is -2.10. The summed E-state index contributed by atoms with van der Waals surface area (Å²) in [6, 6.07) is 10.6. The van der Waals surface area contributed by atoms with Gasteiger partial charge in [-0.3, -0.25) is 4.79 Å². The van der Waals surface area contributed by atoms with Gasteiger partial charge in [0.15, 0.2) is 5.82 Å². The Hall–Kier alpha value is -2.17. The molecule has 1 aromatic heterocycles. The van der Waals surface area contributed by atoms with Crippen LogP contribution >= 0.6 is 23.2 Å². The number of benzene rings is 2. The molecule has 0 bridgehead atoms. The first-order valence-electron chi connectivity index (χ1n) is 6.36. The lowest BCUT2D eigenvalue weighted by atomic mass is 10.2. The number of hydrogen-bond donors (Lipinski definition) is 1. The fraction of sp³-hybridized carbons (Fsp3) is 0. The van der Waals surface area contributed by atoms with Crippen LogP contribution in [-0.4, -0.2) is 9.97 Å². The van der Waals surface area contributed by atoms with Gasteiger partial charge in [-0.2, -0.15) is 0 Å². The van der Waals surface area contributed by atoms with Crippen LogP contribution in [0.1, 0.15) is 11.4 Å². The number of rotatable bonds is 2. The highest BCUT2D eigenvalue weighted by Crippen LogP contribution is 2.21. The van der Waals surface area contributed by atoms with Gasteiger partial charge < -0.3 is 4.98 Å². The Morgan fingerprint density at radius 3 is 2.64 bits per heavy atom. The van der Waals surface area contributed by atoms with Gasteiger partial charge in [0, 0.05) is 5.02 Å². The zero-order valence-corrected chi connectivity index (χ0v) is 12.6. The highest BCUT2D eigenvalue weighted by Gasteiger charge is 2.07. The molecule has 0 unspecified atom stereocenters. The highest BCUT2D eigenvalue weighted by molar-refractivity contribution is 6.50. The van der Waals surface area contributed by atoms with Crippen molar-refractivity contribution in [1.29, 1.82) is 0 Å². The van der Waals surface area contributed by atoms with Crippen molar-refractivity contribution in [3.05, 3.63) is 75.0 Å². The molecule has 0 aliphatic heterocycles. The van der Waals surface area contributed by atoms with E-state index in [1.54, 1.807) is 36.4 Å². The summed E-state index contributed by atoms with van der Waals surface area (Å²) in [7, 11) is 0. The van der Waals surface area contributed by atoms with E-state index < -0.39 is 0 Å². The molecule has 0 fully saturated rings. The Balaban J connectivity index is 2.09. The standard InChI is InChI=1S/C16H9Cl2FN2O/c17-10-3-6-12-14(8-10)20-15(21-16(12)22)13(18)7-9-1-4-11(19)5-2-9/h1-8H,(H,20,21,22)/b13-7-. The zero-order chi connectivity index (χ0) is 15.7. The van der Waals surface area contributed by atoms with E-state index in [0.29, 0.717) is 21.5 Å². The molecule has 6 heteroatoms. The SMILES string of the molecule is O=c1[nH]c(/C(Cl)=C/c2ccc(F)cc2)nc2cc(Cl)ccc12. The maximum Gasteiger partial charge on any atom is 0.259 e.